The number of aryl methyl sites for hydroxylation is 1. The molecule has 1 aromatic carbocycles. The van der Waals surface area contributed by atoms with Crippen LogP contribution in [0, 0.1) is 0 Å². The summed E-state index contributed by atoms with van der Waals surface area (Å²) >= 11 is 0. The Morgan fingerprint density at radius 1 is 1.47 bits per heavy atom. The lowest BCUT2D eigenvalue weighted by atomic mass is 10.0. The zero-order valence-corrected chi connectivity index (χ0v) is 9.45. The summed E-state index contributed by atoms with van der Waals surface area (Å²) in [4.78, 5) is 22.1. The van der Waals surface area contributed by atoms with E-state index in [0.717, 1.165) is 29.7 Å². The summed E-state index contributed by atoms with van der Waals surface area (Å²) in [6, 6.07) is 5.91. The standard InChI is InChI=1S/C12H15N3O2/c13-15-11(16)3-1-2-8-4-5-10-9(6-8)7-12(17)14-10/h4-6H,1-3,7,13H2,(H,14,17)(H,15,16). The van der Waals surface area contributed by atoms with Gasteiger partial charge >= 0.3 is 0 Å². The van der Waals surface area contributed by atoms with Gasteiger partial charge in [0.2, 0.25) is 11.8 Å². The van der Waals surface area contributed by atoms with Crippen LogP contribution >= 0.6 is 0 Å². The average molecular weight is 233 g/mol. The van der Waals surface area contributed by atoms with Crippen molar-refractivity contribution in [2.45, 2.75) is 25.7 Å². The molecule has 0 aliphatic carbocycles. The van der Waals surface area contributed by atoms with Gasteiger partial charge in [0.25, 0.3) is 0 Å². The summed E-state index contributed by atoms with van der Waals surface area (Å²) in [6.07, 6.45) is 2.44. The molecular formula is C12H15N3O2. The van der Waals surface area contributed by atoms with Crippen molar-refractivity contribution in [2.75, 3.05) is 5.32 Å². The van der Waals surface area contributed by atoms with E-state index in [1.807, 2.05) is 18.2 Å². The zero-order chi connectivity index (χ0) is 12.3. The van der Waals surface area contributed by atoms with E-state index in [-0.39, 0.29) is 11.8 Å². The monoisotopic (exact) mass is 233 g/mol. The lowest BCUT2D eigenvalue weighted by molar-refractivity contribution is -0.121. The first-order valence-corrected chi connectivity index (χ1v) is 5.60. The third kappa shape index (κ3) is 2.82. The van der Waals surface area contributed by atoms with E-state index in [0.29, 0.717) is 12.8 Å². The van der Waals surface area contributed by atoms with Crippen LogP contribution in [0.15, 0.2) is 18.2 Å². The first kappa shape index (κ1) is 11.6. The van der Waals surface area contributed by atoms with Gasteiger partial charge < -0.3 is 5.32 Å². The second-order valence-electron chi connectivity index (χ2n) is 4.14. The number of carbonyl (C=O) groups excluding carboxylic acids is 2. The van der Waals surface area contributed by atoms with Crippen LogP contribution in [-0.2, 0) is 22.4 Å². The van der Waals surface area contributed by atoms with E-state index < -0.39 is 0 Å². The molecule has 0 radical (unpaired) electrons. The molecule has 0 saturated heterocycles. The highest BCUT2D eigenvalue weighted by Crippen LogP contribution is 2.24. The van der Waals surface area contributed by atoms with E-state index in [1.54, 1.807) is 0 Å². The predicted molar refractivity (Wildman–Crippen MR) is 64.0 cm³/mol. The quantitative estimate of drug-likeness (QED) is 0.402. The maximum absolute atomic E-state index is 11.2. The summed E-state index contributed by atoms with van der Waals surface area (Å²) in [6.45, 7) is 0. The van der Waals surface area contributed by atoms with Gasteiger partial charge in [-0.2, -0.15) is 0 Å². The van der Waals surface area contributed by atoms with Crippen LogP contribution in [-0.4, -0.2) is 11.8 Å². The number of nitrogens with two attached hydrogens (primary N) is 1. The number of carbonyl (C=O) groups is 2. The normalized spacial score (nSPS) is 13.1. The minimum absolute atomic E-state index is 0.0414. The Kier molecular flexibility index (Phi) is 3.39. The van der Waals surface area contributed by atoms with Gasteiger partial charge in [-0.15, -0.1) is 0 Å². The molecule has 0 fully saturated rings. The number of benzene rings is 1. The smallest absolute Gasteiger partial charge is 0.233 e. The molecule has 0 saturated carbocycles. The van der Waals surface area contributed by atoms with Crippen molar-refractivity contribution in [3.05, 3.63) is 29.3 Å². The fourth-order valence-electron chi connectivity index (χ4n) is 1.96. The predicted octanol–water partition coefficient (Wildman–Crippen LogP) is 0.494. The molecular weight excluding hydrogens is 218 g/mol. The highest BCUT2D eigenvalue weighted by Gasteiger charge is 2.17. The molecule has 1 aliphatic rings. The molecule has 1 aliphatic heterocycles. The molecule has 0 aromatic heterocycles. The topological polar surface area (TPSA) is 84.2 Å². The molecule has 0 bridgehead atoms. The van der Waals surface area contributed by atoms with Crippen LogP contribution in [0.2, 0.25) is 0 Å². The number of anilines is 1. The number of amides is 2. The summed E-state index contributed by atoms with van der Waals surface area (Å²) < 4.78 is 0. The molecule has 4 N–H and O–H groups in total. The lowest BCUT2D eigenvalue weighted by Crippen LogP contribution is -2.29. The van der Waals surface area contributed by atoms with Crippen molar-refractivity contribution in [1.82, 2.24) is 5.43 Å². The van der Waals surface area contributed by atoms with E-state index in [2.05, 4.69) is 10.7 Å². The van der Waals surface area contributed by atoms with Crippen LogP contribution in [0.5, 0.6) is 0 Å². The second-order valence-corrected chi connectivity index (χ2v) is 4.14. The van der Waals surface area contributed by atoms with Crippen LogP contribution in [0.4, 0.5) is 5.69 Å². The van der Waals surface area contributed by atoms with Crippen molar-refractivity contribution in [3.8, 4) is 0 Å². The maximum Gasteiger partial charge on any atom is 0.233 e. The van der Waals surface area contributed by atoms with E-state index in [1.165, 1.54) is 0 Å². The number of hydrogen-bond donors (Lipinski definition) is 3. The molecule has 5 heteroatoms. The summed E-state index contributed by atoms with van der Waals surface area (Å²) in [5.74, 6) is 4.89. The van der Waals surface area contributed by atoms with Crippen LogP contribution < -0.4 is 16.6 Å². The Morgan fingerprint density at radius 3 is 3.06 bits per heavy atom. The Hall–Kier alpha value is -1.88. The van der Waals surface area contributed by atoms with Crippen LogP contribution in [0.1, 0.15) is 24.0 Å². The SMILES string of the molecule is NNC(=O)CCCc1ccc2c(c1)CC(=O)N2. The number of fused-ring (bicyclic) bond motifs is 1. The van der Waals surface area contributed by atoms with Gasteiger partial charge in [-0.05, 0) is 30.0 Å². The first-order valence-electron chi connectivity index (χ1n) is 5.60. The van der Waals surface area contributed by atoms with Crippen LogP contribution in [0.3, 0.4) is 0 Å². The number of nitrogens with one attached hydrogen (secondary N) is 2. The summed E-state index contributed by atoms with van der Waals surface area (Å²) in [7, 11) is 0. The first-order chi connectivity index (χ1) is 8.19. The van der Waals surface area contributed by atoms with Gasteiger partial charge in [0.05, 0.1) is 6.42 Å². The van der Waals surface area contributed by atoms with Gasteiger partial charge in [-0.25, -0.2) is 5.84 Å². The summed E-state index contributed by atoms with van der Waals surface area (Å²) in [5.41, 5.74) is 5.19. The molecule has 90 valence electrons. The third-order valence-electron chi connectivity index (χ3n) is 2.83. The fraction of sp³-hybridized carbons (Fsp3) is 0.333. The summed E-state index contributed by atoms with van der Waals surface area (Å²) in [5, 5.41) is 2.79. The third-order valence-corrected chi connectivity index (χ3v) is 2.83. The molecule has 1 heterocycles. The molecule has 0 unspecified atom stereocenters. The molecule has 17 heavy (non-hydrogen) atoms. The molecule has 2 rings (SSSR count). The van der Waals surface area contributed by atoms with Gasteiger partial charge in [-0.1, -0.05) is 12.1 Å². The molecule has 5 nitrogen and oxygen atoms in total. The minimum atomic E-state index is -0.150. The lowest BCUT2D eigenvalue weighted by Gasteiger charge is -2.04. The van der Waals surface area contributed by atoms with Gasteiger partial charge in [0.1, 0.15) is 0 Å². The molecule has 2 amide bonds. The highest BCUT2D eigenvalue weighted by molar-refractivity contribution is 5.99. The fourth-order valence-corrected chi connectivity index (χ4v) is 1.96. The van der Waals surface area contributed by atoms with E-state index in [4.69, 9.17) is 5.84 Å². The zero-order valence-electron chi connectivity index (χ0n) is 9.45. The maximum atomic E-state index is 11.2. The Morgan fingerprint density at radius 2 is 2.29 bits per heavy atom. The Bertz CT molecular complexity index is 457. The van der Waals surface area contributed by atoms with Crippen molar-refractivity contribution in [2.24, 2.45) is 5.84 Å². The number of hydrogen-bond acceptors (Lipinski definition) is 3. The minimum Gasteiger partial charge on any atom is -0.326 e. The van der Waals surface area contributed by atoms with Crippen molar-refractivity contribution in [1.29, 1.82) is 0 Å². The molecule has 0 spiro atoms. The van der Waals surface area contributed by atoms with Crippen molar-refractivity contribution >= 4 is 17.5 Å². The highest BCUT2D eigenvalue weighted by atomic mass is 16.2. The average Bonchev–Trinajstić information content (AvgIpc) is 2.68. The van der Waals surface area contributed by atoms with Gasteiger partial charge in [0, 0.05) is 12.1 Å². The Labute approximate surface area is 99.3 Å². The number of hydrazine groups is 1. The van der Waals surface area contributed by atoms with Crippen molar-refractivity contribution in [3.63, 3.8) is 0 Å². The van der Waals surface area contributed by atoms with Crippen molar-refractivity contribution < 1.29 is 9.59 Å². The van der Waals surface area contributed by atoms with Crippen LogP contribution in [0.25, 0.3) is 0 Å². The van der Waals surface area contributed by atoms with Gasteiger partial charge in [0.15, 0.2) is 0 Å². The Balaban J connectivity index is 1.93. The largest absolute Gasteiger partial charge is 0.326 e. The van der Waals surface area contributed by atoms with E-state index >= 15 is 0 Å². The van der Waals surface area contributed by atoms with E-state index in [9.17, 15) is 9.59 Å². The second kappa shape index (κ2) is 4.97. The number of rotatable bonds is 4. The molecule has 1 aromatic rings. The van der Waals surface area contributed by atoms with Gasteiger partial charge in [-0.3, -0.25) is 15.0 Å². The molecule has 0 atom stereocenters.